The van der Waals surface area contributed by atoms with Gasteiger partial charge in [-0.15, -0.1) is 0 Å². The van der Waals surface area contributed by atoms with Gasteiger partial charge in [-0.05, 0) is 49.4 Å². The summed E-state index contributed by atoms with van der Waals surface area (Å²) >= 11 is 0. The van der Waals surface area contributed by atoms with Crippen LogP contribution in [0, 0.1) is 5.82 Å². The predicted octanol–water partition coefficient (Wildman–Crippen LogP) is 3.58. The van der Waals surface area contributed by atoms with Crippen LogP contribution < -0.4 is 16.2 Å². The first-order valence-corrected chi connectivity index (χ1v) is 9.35. The molecule has 0 unspecified atom stereocenters. The van der Waals surface area contributed by atoms with Gasteiger partial charge in [0.2, 0.25) is 11.8 Å². The molecule has 4 N–H and O–H groups in total. The molecule has 0 radical (unpaired) electrons. The summed E-state index contributed by atoms with van der Waals surface area (Å²) in [5.74, 6) is 0.303. The summed E-state index contributed by atoms with van der Waals surface area (Å²) in [6.45, 7) is 0. The maximum atomic E-state index is 14.8. The zero-order valence-electron chi connectivity index (χ0n) is 15.4. The number of benzene rings is 1. The summed E-state index contributed by atoms with van der Waals surface area (Å²) in [4.78, 5) is 12.2. The van der Waals surface area contributed by atoms with Crippen LogP contribution in [0.2, 0.25) is 0 Å². The van der Waals surface area contributed by atoms with Gasteiger partial charge in [0.1, 0.15) is 11.9 Å². The third-order valence-electron chi connectivity index (χ3n) is 5.03. The molecule has 6 nitrogen and oxygen atoms in total. The minimum absolute atomic E-state index is 0.0875. The van der Waals surface area contributed by atoms with Crippen molar-refractivity contribution in [1.82, 2.24) is 15.0 Å². The van der Waals surface area contributed by atoms with Crippen molar-refractivity contribution in [3.8, 4) is 28.1 Å². The van der Waals surface area contributed by atoms with Crippen LogP contribution in [-0.2, 0) is 0 Å². The van der Waals surface area contributed by atoms with E-state index in [2.05, 4.69) is 15.0 Å². The molecule has 4 rings (SSSR count). The fourth-order valence-electron chi connectivity index (χ4n) is 3.46. The van der Waals surface area contributed by atoms with Crippen LogP contribution in [0.5, 0.6) is 5.88 Å². The largest absolute Gasteiger partial charge is 0.474 e. The molecule has 0 atom stereocenters. The lowest BCUT2D eigenvalue weighted by Gasteiger charge is -2.27. The molecular weight excluding hydrogens is 357 g/mol. The van der Waals surface area contributed by atoms with E-state index in [1.54, 1.807) is 12.3 Å². The summed E-state index contributed by atoms with van der Waals surface area (Å²) in [5, 5.41) is 0. The monoisotopic (exact) mass is 379 g/mol. The fourth-order valence-corrected chi connectivity index (χ4v) is 3.46. The summed E-state index contributed by atoms with van der Waals surface area (Å²) in [5.41, 5.74) is 13.9. The van der Waals surface area contributed by atoms with Crippen LogP contribution >= 0.6 is 0 Å². The zero-order chi connectivity index (χ0) is 19.5. The van der Waals surface area contributed by atoms with Gasteiger partial charge in [0.15, 0.2) is 0 Å². The van der Waals surface area contributed by atoms with Crippen LogP contribution in [0.25, 0.3) is 22.3 Å². The van der Waals surface area contributed by atoms with Crippen molar-refractivity contribution in [2.75, 3.05) is 5.73 Å². The number of aromatic nitrogens is 3. The third-order valence-corrected chi connectivity index (χ3v) is 5.03. The van der Waals surface area contributed by atoms with Crippen molar-refractivity contribution in [2.45, 2.75) is 37.8 Å². The van der Waals surface area contributed by atoms with E-state index in [4.69, 9.17) is 16.2 Å². The predicted molar refractivity (Wildman–Crippen MR) is 106 cm³/mol. The first-order chi connectivity index (χ1) is 13.6. The highest BCUT2D eigenvalue weighted by Crippen LogP contribution is 2.33. The van der Waals surface area contributed by atoms with E-state index in [1.807, 2.05) is 18.2 Å². The SMILES string of the molecule is Nc1ncc(-c2ccc(-c3cccnc3OC3CCC(N)CC3)cc2F)cn1. The average Bonchev–Trinajstić information content (AvgIpc) is 2.71. The lowest BCUT2D eigenvalue weighted by molar-refractivity contribution is 0.142. The summed E-state index contributed by atoms with van der Waals surface area (Å²) < 4.78 is 20.9. The number of anilines is 1. The van der Waals surface area contributed by atoms with Gasteiger partial charge in [0.25, 0.3) is 0 Å². The van der Waals surface area contributed by atoms with Crippen molar-refractivity contribution in [2.24, 2.45) is 5.73 Å². The van der Waals surface area contributed by atoms with E-state index in [0.29, 0.717) is 22.6 Å². The lowest BCUT2D eigenvalue weighted by atomic mass is 9.93. The van der Waals surface area contributed by atoms with Crippen LogP contribution in [0.15, 0.2) is 48.9 Å². The van der Waals surface area contributed by atoms with Gasteiger partial charge in [0, 0.05) is 41.3 Å². The molecule has 2 aromatic heterocycles. The van der Waals surface area contributed by atoms with Crippen molar-refractivity contribution < 1.29 is 9.13 Å². The number of pyridine rings is 1. The topological polar surface area (TPSA) is 99.9 Å². The van der Waals surface area contributed by atoms with E-state index in [0.717, 1.165) is 31.2 Å². The van der Waals surface area contributed by atoms with Gasteiger partial charge in [-0.3, -0.25) is 0 Å². The maximum absolute atomic E-state index is 14.8. The number of ether oxygens (including phenoxy) is 1. The number of hydrogen-bond acceptors (Lipinski definition) is 6. The van der Waals surface area contributed by atoms with Crippen LogP contribution in [0.1, 0.15) is 25.7 Å². The van der Waals surface area contributed by atoms with Gasteiger partial charge in [-0.25, -0.2) is 19.3 Å². The van der Waals surface area contributed by atoms with E-state index in [9.17, 15) is 4.39 Å². The van der Waals surface area contributed by atoms with E-state index < -0.39 is 0 Å². The summed E-state index contributed by atoms with van der Waals surface area (Å²) in [7, 11) is 0. The van der Waals surface area contributed by atoms with Crippen molar-refractivity contribution in [3.63, 3.8) is 0 Å². The first-order valence-electron chi connectivity index (χ1n) is 9.35. The van der Waals surface area contributed by atoms with Crippen LogP contribution in [0.3, 0.4) is 0 Å². The molecule has 7 heteroatoms. The molecule has 0 amide bonds. The van der Waals surface area contributed by atoms with Gasteiger partial charge in [-0.1, -0.05) is 12.1 Å². The smallest absolute Gasteiger partial charge is 0.221 e. The molecule has 28 heavy (non-hydrogen) atoms. The molecule has 1 aliphatic carbocycles. The van der Waals surface area contributed by atoms with E-state index >= 15 is 0 Å². The van der Waals surface area contributed by atoms with Crippen LogP contribution in [-0.4, -0.2) is 27.1 Å². The molecule has 2 heterocycles. The summed E-state index contributed by atoms with van der Waals surface area (Å²) in [6.07, 6.45) is 8.48. The van der Waals surface area contributed by atoms with Gasteiger partial charge in [-0.2, -0.15) is 0 Å². The summed E-state index contributed by atoms with van der Waals surface area (Å²) in [6, 6.07) is 8.98. The second-order valence-corrected chi connectivity index (χ2v) is 7.04. The van der Waals surface area contributed by atoms with Gasteiger partial charge >= 0.3 is 0 Å². The Labute approximate surface area is 162 Å². The van der Waals surface area contributed by atoms with Crippen molar-refractivity contribution >= 4 is 5.95 Å². The number of nitrogen functional groups attached to an aromatic ring is 1. The second kappa shape index (κ2) is 7.90. The Morgan fingerprint density at radius 3 is 2.39 bits per heavy atom. The third kappa shape index (κ3) is 3.94. The molecule has 0 spiro atoms. The Balaban J connectivity index is 1.61. The Bertz CT molecular complexity index is 955. The minimum atomic E-state index is -0.371. The Morgan fingerprint density at radius 2 is 1.68 bits per heavy atom. The highest BCUT2D eigenvalue weighted by Gasteiger charge is 2.22. The molecule has 1 aliphatic rings. The number of hydrogen-bond donors (Lipinski definition) is 2. The van der Waals surface area contributed by atoms with E-state index in [1.165, 1.54) is 18.5 Å². The molecule has 1 aromatic carbocycles. The average molecular weight is 379 g/mol. The second-order valence-electron chi connectivity index (χ2n) is 7.04. The zero-order valence-corrected chi connectivity index (χ0v) is 15.4. The Morgan fingerprint density at radius 1 is 0.929 bits per heavy atom. The Hall–Kier alpha value is -3.06. The molecule has 1 fully saturated rings. The highest BCUT2D eigenvalue weighted by molar-refractivity contribution is 5.73. The number of nitrogens with two attached hydrogens (primary N) is 2. The molecule has 0 saturated heterocycles. The highest BCUT2D eigenvalue weighted by atomic mass is 19.1. The molecule has 144 valence electrons. The molecular formula is C21H22FN5O. The van der Waals surface area contributed by atoms with E-state index in [-0.39, 0.29) is 23.9 Å². The normalized spacial score (nSPS) is 19.4. The van der Waals surface area contributed by atoms with Crippen molar-refractivity contribution in [1.29, 1.82) is 0 Å². The molecule has 0 bridgehead atoms. The first kappa shape index (κ1) is 18.3. The number of halogens is 1. The molecule has 3 aromatic rings. The maximum Gasteiger partial charge on any atom is 0.221 e. The van der Waals surface area contributed by atoms with Gasteiger partial charge < -0.3 is 16.2 Å². The lowest BCUT2D eigenvalue weighted by Crippen LogP contribution is -2.31. The molecule has 0 aliphatic heterocycles. The standard InChI is InChI=1S/C21H22FN5O/c22-19-10-13(3-8-17(19)14-11-26-21(24)27-12-14)18-2-1-9-25-20(18)28-16-6-4-15(23)5-7-16/h1-3,8-12,15-16H,4-7,23H2,(H2,24,26,27). The van der Waals surface area contributed by atoms with Gasteiger partial charge in [0.05, 0.1) is 0 Å². The quantitative estimate of drug-likeness (QED) is 0.719. The number of nitrogens with zero attached hydrogens (tertiary/aromatic N) is 3. The Kier molecular flexibility index (Phi) is 5.16. The van der Waals surface area contributed by atoms with Crippen molar-refractivity contribution in [3.05, 3.63) is 54.7 Å². The fraction of sp³-hybridized carbons (Fsp3) is 0.286. The number of rotatable bonds is 4. The van der Waals surface area contributed by atoms with Crippen LogP contribution in [0.4, 0.5) is 10.3 Å². The minimum Gasteiger partial charge on any atom is -0.474 e. The molecule has 1 saturated carbocycles.